The highest BCUT2D eigenvalue weighted by molar-refractivity contribution is 7.73. The SMILES string of the molecule is COC1C=CC=CC1=S(=O)=O. The van der Waals surface area contributed by atoms with Crippen molar-refractivity contribution >= 4 is 15.2 Å². The first kappa shape index (κ1) is 8.23. The van der Waals surface area contributed by atoms with Gasteiger partial charge in [0, 0.05) is 7.11 Å². The molecular weight excluding hydrogens is 164 g/mol. The Bertz CT molecular complexity index is 314. The van der Waals surface area contributed by atoms with E-state index in [0.717, 1.165) is 0 Å². The van der Waals surface area contributed by atoms with Gasteiger partial charge in [-0.25, -0.2) is 0 Å². The van der Waals surface area contributed by atoms with E-state index in [9.17, 15) is 8.42 Å². The fraction of sp³-hybridized carbons (Fsp3) is 0.286. The molecule has 0 bridgehead atoms. The third kappa shape index (κ3) is 1.78. The molecule has 0 aromatic rings. The molecular formula is C7H8O3S. The summed E-state index contributed by atoms with van der Waals surface area (Å²) in [6.07, 6.45) is 6.21. The molecule has 0 radical (unpaired) electrons. The van der Waals surface area contributed by atoms with Gasteiger partial charge in [0.2, 0.25) is 10.3 Å². The minimum atomic E-state index is -2.18. The summed E-state index contributed by atoms with van der Waals surface area (Å²) in [5, 5.41) is 0. The molecule has 11 heavy (non-hydrogen) atoms. The van der Waals surface area contributed by atoms with Crippen molar-refractivity contribution in [3.63, 3.8) is 0 Å². The van der Waals surface area contributed by atoms with Crippen LogP contribution in [-0.4, -0.2) is 26.5 Å². The Morgan fingerprint density at radius 3 is 2.64 bits per heavy atom. The molecule has 0 aromatic heterocycles. The lowest BCUT2D eigenvalue weighted by molar-refractivity contribution is 0.193. The van der Waals surface area contributed by atoms with E-state index in [1.54, 1.807) is 18.2 Å². The molecule has 1 atom stereocenters. The highest BCUT2D eigenvalue weighted by Gasteiger charge is 2.12. The van der Waals surface area contributed by atoms with Crippen LogP contribution in [0.2, 0.25) is 0 Å². The smallest absolute Gasteiger partial charge is 0.220 e. The van der Waals surface area contributed by atoms with Crippen LogP contribution in [0.15, 0.2) is 24.3 Å². The Kier molecular flexibility index (Phi) is 2.62. The van der Waals surface area contributed by atoms with Crippen molar-refractivity contribution in [1.29, 1.82) is 0 Å². The molecule has 0 aromatic carbocycles. The van der Waals surface area contributed by atoms with Gasteiger partial charge >= 0.3 is 0 Å². The van der Waals surface area contributed by atoms with Crippen molar-refractivity contribution < 1.29 is 13.2 Å². The van der Waals surface area contributed by atoms with E-state index in [0.29, 0.717) is 0 Å². The molecule has 60 valence electrons. The van der Waals surface area contributed by atoms with Crippen molar-refractivity contribution in [1.82, 2.24) is 0 Å². The number of allylic oxidation sites excluding steroid dienone is 2. The van der Waals surface area contributed by atoms with Gasteiger partial charge in [-0.1, -0.05) is 18.2 Å². The Morgan fingerprint density at radius 1 is 1.45 bits per heavy atom. The molecule has 0 aliphatic heterocycles. The average Bonchev–Trinajstić information content (AvgIpc) is 2.04. The zero-order valence-corrected chi connectivity index (χ0v) is 6.84. The minimum Gasteiger partial charge on any atom is -0.372 e. The quantitative estimate of drug-likeness (QED) is 0.530. The molecule has 4 heteroatoms. The van der Waals surface area contributed by atoms with Crippen LogP contribution in [0.1, 0.15) is 0 Å². The van der Waals surface area contributed by atoms with E-state index >= 15 is 0 Å². The number of hydrogen-bond acceptors (Lipinski definition) is 3. The molecule has 0 saturated carbocycles. The van der Waals surface area contributed by atoms with Gasteiger partial charge in [-0.05, 0) is 6.08 Å². The van der Waals surface area contributed by atoms with E-state index in [4.69, 9.17) is 4.74 Å². The third-order valence-corrected chi connectivity index (χ3v) is 2.14. The van der Waals surface area contributed by atoms with Gasteiger partial charge in [0.15, 0.2) is 0 Å². The second kappa shape index (κ2) is 3.50. The minimum absolute atomic E-state index is 0.273. The predicted octanol–water partition coefficient (Wildman–Crippen LogP) is 0.179. The monoisotopic (exact) mass is 172 g/mol. The predicted molar refractivity (Wildman–Crippen MR) is 43.0 cm³/mol. The summed E-state index contributed by atoms with van der Waals surface area (Å²) in [5.74, 6) is 0. The molecule has 0 amide bonds. The summed E-state index contributed by atoms with van der Waals surface area (Å²) in [6.45, 7) is 0. The van der Waals surface area contributed by atoms with Gasteiger partial charge < -0.3 is 4.74 Å². The highest BCUT2D eigenvalue weighted by atomic mass is 32.2. The van der Waals surface area contributed by atoms with Gasteiger partial charge in [0.25, 0.3) is 0 Å². The standard InChI is InChI=1S/C7H8O3S/c1-10-6-4-2-3-5-7(6)11(8)9/h2-6H,1H3. The van der Waals surface area contributed by atoms with Crippen LogP contribution in [0.25, 0.3) is 0 Å². The lowest BCUT2D eigenvalue weighted by Crippen LogP contribution is -2.20. The average molecular weight is 172 g/mol. The molecule has 0 heterocycles. The van der Waals surface area contributed by atoms with Crippen molar-refractivity contribution in [3.8, 4) is 0 Å². The molecule has 0 N–H and O–H groups in total. The maximum atomic E-state index is 10.5. The second-order valence-electron chi connectivity index (χ2n) is 2.04. The number of hydrogen-bond donors (Lipinski definition) is 0. The molecule has 1 unspecified atom stereocenters. The van der Waals surface area contributed by atoms with Gasteiger partial charge in [-0.2, -0.15) is 8.42 Å². The fourth-order valence-electron chi connectivity index (χ4n) is 0.850. The van der Waals surface area contributed by atoms with Gasteiger partial charge in [0.05, 0.1) is 0 Å². The second-order valence-corrected chi connectivity index (χ2v) is 2.98. The molecule has 1 aliphatic rings. The van der Waals surface area contributed by atoms with E-state index in [2.05, 4.69) is 0 Å². The zero-order chi connectivity index (χ0) is 8.27. The Labute approximate surface area is 66.5 Å². The topological polar surface area (TPSA) is 43.4 Å². The number of methoxy groups -OCH3 is 1. The molecule has 1 aliphatic carbocycles. The van der Waals surface area contributed by atoms with Crippen LogP contribution in [-0.2, 0) is 15.0 Å². The van der Waals surface area contributed by atoms with Crippen molar-refractivity contribution in [2.75, 3.05) is 7.11 Å². The first-order chi connectivity index (χ1) is 5.25. The summed E-state index contributed by atoms with van der Waals surface area (Å²) in [7, 11) is -0.705. The Morgan fingerprint density at radius 2 is 2.18 bits per heavy atom. The number of ether oxygens (including phenoxy) is 1. The molecule has 0 saturated heterocycles. The van der Waals surface area contributed by atoms with Gasteiger partial charge in [0.1, 0.15) is 11.0 Å². The number of rotatable bonds is 1. The lowest BCUT2D eigenvalue weighted by atomic mass is 10.1. The first-order valence-corrected chi connectivity index (χ1v) is 4.17. The van der Waals surface area contributed by atoms with Gasteiger partial charge in [-0.15, -0.1) is 0 Å². The maximum absolute atomic E-state index is 10.5. The van der Waals surface area contributed by atoms with Gasteiger partial charge in [-0.3, -0.25) is 0 Å². The summed E-state index contributed by atoms with van der Waals surface area (Å²) < 4.78 is 25.9. The highest BCUT2D eigenvalue weighted by Crippen LogP contribution is 2.02. The van der Waals surface area contributed by atoms with E-state index in [1.165, 1.54) is 13.2 Å². The summed E-state index contributed by atoms with van der Waals surface area (Å²) in [5.41, 5.74) is 0. The van der Waals surface area contributed by atoms with Crippen molar-refractivity contribution in [2.45, 2.75) is 6.10 Å². The normalized spacial score (nSPS) is 22.3. The van der Waals surface area contributed by atoms with Crippen LogP contribution in [0.4, 0.5) is 0 Å². The molecule has 0 fully saturated rings. The van der Waals surface area contributed by atoms with Crippen LogP contribution in [0.3, 0.4) is 0 Å². The van der Waals surface area contributed by atoms with Crippen molar-refractivity contribution in [3.05, 3.63) is 24.3 Å². The molecule has 1 rings (SSSR count). The van der Waals surface area contributed by atoms with Crippen LogP contribution >= 0.6 is 0 Å². The molecule has 3 nitrogen and oxygen atoms in total. The zero-order valence-electron chi connectivity index (χ0n) is 6.02. The Hall–Kier alpha value is -0.870. The Balaban J connectivity index is 3.08. The van der Waals surface area contributed by atoms with E-state index < -0.39 is 16.4 Å². The van der Waals surface area contributed by atoms with Crippen LogP contribution in [0, 0.1) is 0 Å². The van der Waals surface area contributed by atoms with Crippen LogP contribution in [0.5, 0.6) is 0 Å². The van der Waals surface area contributed by atoms with Crippen molar-refractivity contribution in [2.24, 2.45) is 0 Å². The lowest BCUT2D eigenvalue weighted by Gasteiger charge is -2.10. The van der Waals surface area contributed by atoms with E-state index in [1.807, 2.05) is 0 Å². The van der Waals surface area contributed by atoms with E-state index in [-0.39, 0.29) is 4.86 Å². The molecule has 0 spiro atoms. The summed E-state index contributed by atoms with van der Waals surface area (Å²) >= 11 is 0. The maximum Gasteiger partial charge on any atom is 0.220 e. The first-order valence-electron chi connectivity index (χ1n) is 3.09. The summed E-state index contributed by atoms with van der Waals surface area (Å²) in [6, 6.07) is 0. The van der Waals surface area contributed by atoms with Crippen LogP contribution < -0.4 is 0 Å². The third-order valence-electron chi connectivity index (χ3n) is 1.38. The fourth-order valence-corrected chi connectivity index (χ4v) is 1.40. The summed E-state index contributed by atoms with van der Waals surface area (Å²) in [4.78, 5) is 0.273. The largest absolute Gasteiger partial charge is 0.372 e.